The van der Waals surface area contributed by atoms with E-state index in [1.54, 1.807) is 7.11 Å². The second-order valence-corrected chi connectivity index (χ2v) is 8.54. The number of ether oxygens (including phenoxy) is 1. The third-order valence-electron chi connectivity index (χ3n) is 4.72. The van der Waals surface area contributed by atoms with Gasteiger partial charge in [0, 0.05) is 32.2 Å². The van der Waals surface area contributed by atoms with Gasteiger partial charge in [0.05, 0.1) is 24.2 Å². The first-order valence-corrected chi connectivity index (χ1v) is 9.80. The molecule has 0 spiro atoms. The fourth-order valence-electron chi connectivity index (χ4n) is 3.46. The molecule has 0 aromatic carbocycles. The smallest absolute Gasteiger partial charge is 0.221 e. The predicted molar refractivity (Wildman–Crippen MR) is 88.9 cm³/mol. The minimum Gasteiger partial charge on any atom is -0.481 e. The molecular formula is C15H24N4O3S. The number of aryl methyl sites for hydroxylation is 1. The van der Waals surface area contributed by atoms with Crippen molar-refractivity contribution in [2.24, 2.45) is 0 Å². The molecule has 128 valence electrons. The van der Waals surface area contributed by atoms with Crippen LogP contribution in [0, 0.1) is 13.8 Å². The zero-order chi connectivity index (χ0) is 16.6. The normalized spacial score (nSPS) is 24.8. The largest absolute Gasteiger partial charge is 0.481 e. The number of hydrogen-bond acceptors (Lipinski definition) is 7. The van der Waals surface area contributed by atoms with Gasteiger partial charge in [-0.3, -0.25) is 4.90 Å². The zero-order valence-corrected chi connectivity index (χ0v) is 14.8. The van der Waals surface area contributed by atoms with E-state index in [9.17, 15) is 8.42 Å². The Morgan fingerprint density at radius 1 is 1.13 bits per heavy atom. The fraction of sp³-hybridized carbons (Fsp3) is 0.733. The van der Waals surface area contributed by atoms with Crippen LogP contribution in [-0.2, 0) is 9.84 Å². The van der Waals surface area contributed by atoms with Crippen molar-refractivity contribution in [3.8, 4) is 5.88 Å². The summed E-state index contributed by atoms with van der Waals surface area (Å²) in [6, 6.07) is 0.185. The molecule has 0 N–H and O–H groups in total. The first-order chi connectivity index (χ1) is 10.9. The van der Waals surface area contributed by atoms with Crippen molar-refractivity contribution in [3.05, 3.63) is 11.4 Å². The Morgan fingerprint density at radius 2 is 1.83 bits per heavy atom. The van der Waals surface area contributed by atoms with Gasteiger partial charge in [-0.1, -0.05) is 0 Å². The van der Waals surface area contributed by atoms with E-state index in [4.69, 9.17) is 4.74 Å². The summed E-state index contributed by atoms with van der Waals surface area (Å²) in [6.45, 7) is 7.26. The molecule has 2 aliphatic rings. The first-order valence-electron chi connectivity index (χ1n) is 7.98. The van der Waals surface area contributed by atoms with Crippen LogP contribution >= 0.6 is 0 Å². The number of nitrogens with zero attached hydrogens (tertiary/aromatic N) is 4. The molecule has 2 saturated heterocycles. The third-order valence-corrected chi connectivity index (χ3v) is 6.47. The van der Waals surface area contributed by atoms with Crippen LogP contribution in [0.2, 0.25) is 0 Å². The molecule has 8 heteroatoms. The minimum atomic E-state index is -2.82. The molecule has 2 fully saturated rings. The van der Waals surface area contributed by atoms with E-state index in [1.165, 1.54) is 0 Å². The molecule has 1 unspecified atom stereocenters. The Balaban J connectivity index is 1.69. The Kier molecular flexibility index (Phi) is 4.46. The monoisotopic (exact) mass is 340 g/mol. The van der Waals surface area contributed by atoms with Gasteiger partial charge in [0.1, 0.15) is 11.6 Å². The average Bonchev–Trinajstić information content (AvgIpc) is 2.89. The summed E-state index contributed by atoms with van der Waals surface area (Å²) in [6.07, 6.45) is 0.766. The van der Waals surface area contributed by atoms with Crippen LogP contribution in [0.15, 0.2) is 0 Å². The SMILES string of the molecule is COc1nc(C)nc(N2CCN(C3CCS(=O)(=O)C3)CC2)c1C. The molecule has 3 heterocycles. The molecule has 0 bridgehead atoms. The maximum absolute atomic E-state index is 11.7. The molecule has 1 aromatic heterocycles. The van der Waals surface area contributed by atoms with E-state index in [0.29, 0.717) is 23.2 Å². The predicted octanol–water partition coefficient (Wildman–Crippen LogP) is 0.411. The number of piperazine rings is 1. The number of anilines is 1. The molecule has 0 saturated carbocycles. The lowest BCUT2D eigenvalue weighted by Crippen LogP contribution is -2.51. The lowest BCUT2D eigenvalue weighted by Gasteiger charge is -2.38. The molecular weight excluding hydrogens is 316 g/mol. The summed E-state index contributed by atoms with van der Waals surface area (Å²) in [5.41, 5.74) is 0.954. The van der Waals surface area contributed by atoms with Gasteiger partial charge in [0.15, 0.2) is 9.84 Å². The number of sulfone groups is 1. The lowest BCUT2D eigenvalue weighted by molar-refractivity contribution is 0.200. The second kappa shape index (κ2) is 6.24. The summed E-state index contributed by atoms with van der Waals surface area (Å²) in [5, 5.41) is 0. The van der Waals surface area contributed by atoms with E-state index >= 15 is 0 Å². The van der Waals surface area contributed by atoms with Crippen molar-refractivity contribution >= 4 is 15.7 Å². The van der Waals surface area contributed by atoms with Crippen molar-refractivity contribution in [2.75, 3.05) is 49.7 Å². The van der Waals surface area contributed by atoms with Gasteiger partial charge in [-0.25, -0.2) is 13.4 Å². The van der Waals surface area contributed by atoms with Gasteiger partial charge >= 0.3 is 0 Å². The van der Waals surface area contributed by atoms with Crippen LogP contribution in [0.3, 0.4) is 0 Å². The Labute approximate surface area is 137 Å². The summed E-state index contributed by atoms with van der Waals surface area (Å²) in [4.78, 5) is 13.4. The van der Waals surface area contributed by atoms with Gasteiger partial charge < -0.3 is 9.64 Å². The highest BCUT2D eigenvalue weighted by Gasteiger charge is 2.34. The van der Waals surface area contributed by atoms with Crippen LogP contribution in [0.4, 0.5) is 5.82 Å². The number of aromatic nitrogens is 2. The van der Waals surface area contributed by atoms with E-state index in [-0.39, 0.29) is 6.04 Å². The van der Waals surface area contributed by atoms with Gasteiger partial charge in [-0.2, -0.15) is 4.98 Å². The Hall–Kier alpha value is -1.41. The maximum atomic E-state index is 11.7. The Morgan fingerprint density at radius 3 is 2.39 bits per heavy atom. The lowest BCUT2D eigenvalue weighted by atomic mass is 10.2. The molecule has 3 rings (SSSR count). The zero-order valence-electron chi connectivity index (χ0n) is 13.9. The average molecular weight is 340 g/mol. The molecule has 7 nitrogen and oxygen atoms in total. The van der Waals surface area contributed by atoms with Crippen LogP contribution in [0.25, 0.3) is 0 Å². The van der Waals surface area contributed by atoms with Gasteiger partial charge in [0.2, 0.25) is 5.88 Å². The van der Waals surface area contributed by atoms with Crippen molar-refractivity contribution in [1.29, 1.82) is 0 Å². The molecule has 0 amide bonds. The second-order valence-electron chi connectivity index (χ2n) is 6.31. The third kappa shape index (κ3) is 3.42. The van der Waals surface area contributed by atoms with Gasteiger partial charge in [-0.15, -0.1) is 0 Å². The van der Waals surface area contributed by atoms with Gasteiger partial charge in [0.25, 0.3) is 0 Å². The van der Waals surface area contributed by atoms with E-state index in [2.05, 4.69) is 19.8 Å². The highest BCUT2D eigenvalue weighted by molar-refractivity contribution is 7.91. The van der Waals surface area contributed by atoms with E-state index < -0.39 is 9.84 Å². The van der Waals surface area contributed by atoms with Crippen molar-refractivity contribution in [1.82, 2.24) is 14.9 Å². The topological polar surface area (TPSA) is 75.6 Å². The molecule has 0 radical (unpaired) electrons. The highest BCUT2D eigenvalue weighted by Crippen LogP contribution is 2.27. The number of methoxy groups -OCH3 is 1. The summed E-state index contributed by atoms with van der Waals surface area (Å²) in [7, 11) is -1.20. The van der Waals surface area contributed by atoms with Crippen molar-refractivity contribution in [3.63, 3.8) is 0 Å². The summed E-state index contributed by atoms with van der Waals surface area (Å²) < 4.78 is 28.6. The first kappa shape index (κ1) is 16.4. The quantitative estimate of drug-likeness (QED) is 0.789. The number of hydrogen-bond donors (Lipinski definition) is 0. The molecule has 23 heavy (non-hydrogen) atoms. The molecule has 2 aliphatic heterocycles. The molecule has 1 atom stereocenters. The molecule has 0 aliphatic carbocycles. The van der Waals surface area contributed by atoms with E-state index in [1.807, 2.05) is 13.8 Å². The summed E-state index contributed by atoms with van der Waals surface area (Å²) in [5.74, 6) is 2.89. The molecule has 1 aromatic rings. The summed E-state index contributed by atoms with van der Waals surface area (Å²) >= 11 is 0. The van der Waals surface area contributed by atoms with E-state index in [0.717, 1.165) is 44.0 Å². The number of rotatable bonds is 3. The van der Waals surface area contributed by atoms with Crippen LogP contribution in [0.5, 0.6) is 5.88 Å². The Bertz CT molecular complexity index is 684. The highest BCUT2D eigenvalue weighted by atomic mass is 32.2. The van der Waals surface area contributed by atoms with Crippen LogP contribution in [-0.4, -0.2) is 74.1 Å². The standard InChI is InChI=1S/C15H24N4O3S/c1-11-14(16-12(2)17-15(11)22-3)19-7-5-18(6-8-19)13-4-9-23(20,21)10-13/h13H,4-10H2,1-3H3. The van der Waals surface area contributed by atoms with Crippen molar-refractivity contribution < 1.29 is 13.2 Å². The van der Waals surface area contributed by atoms with Crippen molar-refractivity contribution in [2.45, 2.75) is 26.3 Å². The van der Waals surface area contributed by atoms with Crippen LogP contribution < -0.4 is 9.64 Å². The van der Waals surface area contributed by atoms with Crippen LogP contribution in [0.1, 0.15) is 17.8 Å². The fourth-order valence-corrected chi connectivity index (χ4v) is 5.22. The minimum absolute atomic E-state index is 0.185. The maximum Gasteiger partial charge on any atom is 0.221 e. The van der Waals surface area contributed by atoms with Gasteiger partial charge in [-0.05, 0) is 20.3 Å².